The fourth-order valence-corrected chi connectivity index (χ4v) is 0.500. The predicted octanol–water partition coefficient (Wildman–Crippen LogP) is 0.600. The Morgan fingerprint density at radius 3 is 2.44 bits per heavy atom. The molecule has 0 amide bonds. The van der Waals surface area contributed by atoms with Gasteiger partial charge in [0.25, 0.3) is 0 Å². The molecule has 0 saturated carbocycles. The second kappa shape index (κ2) is 4.64. The van der Waals surface area contributed by atoms with Crippen LogP contribution in [0.2, 0.25) is 0 Å². The van der Waals surface area contributed by atoms with Crippen molar-refractivity contribution in [3.05, 3.63) is 0 Å². The van der Waals surface area contributed by atoms with Crippen LogP contribution in [0, 0.1) is 0 Å². The molecule has 0 aliphatic heterocycles. The van der Waals surface area contributed by atoms with Gasteiger partial charge in [-0.25, -0.2) is 0 Å². The summed E-state index contributed by atoms with van der Waals surface area (Å²) in [5, 5.41) is 2.90. The summed E-state index contributed by atoms with van der Waals surface area (Å²) in [7, 11) is 0. The Hall–Kier alpha value is -0.220. The lowest BCUT2D eigenvalue weighted by Crippen LogP contribution is -2.33. The lowest BCUT2D eigenvalue weighted by Gasteiger charge is -2.01. The molecule has 0 rings (SSSR count). The third-order valence-corrected chi connectivity index (χ3v) is 1.46. The highest BCUT2D eigenvalue weighted by Gasteiger charge is 1.94. The Bertz CT molecular complexity index is 122. The molecule has 2 nitrogen and oxygen atoms in total. The van der Waals surface area contributed by atoms with Gasteiger partial charge >= 0.3 is 0 Å². The Kier molecular flexibility index (Phi) is 4.53. The average molecular weight is 162 g/mol. The van der Waals surface area contributed by atoms with Crippen LogP contribution in [0.1, 0.15) is 13.3 Å². The Balaban J connectivity index is 3.39. The first-order valence-corrected chi connectivity index (χ1v) is 3.57. The van der Waals surface area contributed by atoms with Gasteiger partial charge in [0.15, 0.2) is 0 Å². The highest BCUT2D eigenvalue weighted by atomic mass is 32.1. The van der Waals surface area contributed by atoms with E-state index in [0.717, 1.165) is 13.0 Å². The molecule has 0 aromatic carbocycles. The van der Waals surface area contributed by atoms with Crippen molar-refractivity contribution in [3.63, 3.8) is 0 Å². The maximum Gasteiger partial charge on any atom is 0.133 e. The van der Waals surface area contributed by atoms with E-state index in [1.54, 1.807) is 0 Å². The van der Waals surface area contributed by atoms with Crippen molar-refractivity contribution in [1.29, 1.82) is 0 Å². The van der Waals surface area contributed by atoms with E-state index in [1.807, 2.05) is 0 Å². The van der Waals surface area contributed by atoms with Gasteiger partial charge in [0, 0.05) is 6.54 Å². The molecular weight excluding hydrogens is 152 g/mol. The summed E-state index contributed by atoms with van der Waals surface area (Å²) in [5.74, 6) is 0. The molecule has 0 radical (unpaired) electrons. The summed E-state index contributed by atoms with van der Waals surface area (Å²) in [4.78, 5) is 0.769. The minimum atomic E-state index is 0.276. The van der Waals surface area contributed by atoms with E-state index in [0.29, 0.717) is 4.99 Å². The zero-order chi connectivity index (χ0) is 7.28. The van der Waals surface area contributed by atoms with Crippen molar-refractivity contribution in [2.75, 3.05) is 6.54 Å². The van der Waals surface area contributed by atoms with Gasteiger partial charge in [-0.05, 0) is 6.42 Å². The molecule has 4 heteroatoms. The molecule has 9 heavy (non-hydrogen) atoms. The van der Waals surface area contributed by atoms with Crippen molar-refractivity contribution < 1.29 is 0 Å². The summed E-state index contributed by atoms with van der Waals surface area (Å²) < 4.78 is 0. The fourth-order valence-electron chi connectivity index (χ4n) is 0.326. The van der Waals surface area contributed by atoms with E-state index in [2.05, 4.69) is 24.5 Å². The van der Waals surface area contributed by atoms with Crippen LogP contribution in [0.4, 0.5) is 0 Å². The van der Waals surface area contributed by atoms with Gasteiger partial charge in [-0.2, -0.15) is 0 Å². The van der Waals surface area contributed by atoms with Gasteiger partial charge in [-0.15, -0.1) is 0 Å². The Labute approximate surface area is 65.8 Å². The normalized spacial score (nSPS) is 8.56. The SMILES string of the molecule is CCCNC(=S)C(N)=S. The van der Waals surface area contributed by atoms with Crippen molar-refractivity contribution in [3.8, 4) is 0 Å². The topological polar surface area (TPSA) is 38.0 Å². The Morgan fingerprint density at radius 2 is 2.11 bits per heavy atom. The number of hydrogen-bond donors (Lipinski definition) is 2. The van der Waals surface area contributed by atoms with Gasteiger partial charge in [0.05, 0.1) is 0 Å². The molecule has 0 aromatic rings. The molecule has 0 spiro atoms. The summed E-state index contributed by atoms with van der Waals surface area (Å²) in [6, 6.07) is 0. The molecule has 0 fully saturated rings. The van der Waals surface area contributed by atoms with Crippen molar-refractivity contribution in [2.24, 2.45) is 5.73 Å². The number of nitrogens with one attached hydrogen (secondary N) is 1. The second-order valence-electron chi connectivity index (χ2n) is 1.62. The quantitative estimate of drug-likeness (QED) is 0.583. The third kappa shape index (κ3) is 4.29. The van der Waals surface area contributed by atoms with Crippen molar-refractivity contribution in [2.45, 2.75) is 13.3 Å². The zero-order valence-electron chi connectivity index (χ0n) is 5.31. The molecule has 3 N–H and O–H groups in total. The van der Waals surface area contributed by atoms with Crippen LogP contribution in [0.25, 0.3) is 0 Å². The van der Waals surface area contributed by atoms with Crippen LogP contribution < -0.4 is 11.1 Å². The molecule has 0 heterocycles. The largest absolute Gasteiger partial charge is 0.388 e. The van der Waals surface area contributed by atoms with E-state index in [1.165, 1.54) is 0 Å². The molecular formula is C5H10N2S2. The van der Waals surface area contributed by atoms with Crippen LogP contribution in [-0.2, 0) is 0 Å². The molecule has 0 saturated heterocycles. The number of thiocarbonyl (C=S) groups is 2. The first-order valence-electron chi connectivity index (χ1n) is 2.76. The van der Waals surface area contributed by atoms with Crippen LogP contribution in [0.5, 0.6) is 0 Å². The van der Waals surface area contributed by atoms with Gasteiger partial charge in [-0.1, -0.05) is 31.4 Å². The van der Waals surface area contributed by atoms with Crippen LogP contribution in [0.15, 0.2) is 0 Å². The predicted molar refractivity (Wildman–Crippen MR) is 47.7 cm³/mol. The van der Waals surface area contributed by atoms with E-state index in [9.17, 15) is 0 Å². The summed E-state index contributed by atoms with van der Waals surface area (Å²) >= 11 is 9.37. The van der Waals surface area contributed by atoms with Crippen LogP contribution in [0.3, 0.4) is 0 Å². The lowest BCUT2D eigenvalue weighted by molar-refractivity contribution is 0.852. The molecule has 0 aliphatic carbocycles. The van der Waals surface area contributed by atoms with Gasteiger partial charge < -0.3 is 11.1 Å². The summed E-state index contributed by atoms with van der Waals surface area (Å²) in [6.07, 6.45) is 1.03. The smallest absolute Gasteiger partial charge is 0.133 e. The maximum absolute atomic E-state index is 5.20. The van der Waals surface area contributed by atoms with Gasteiger partial charge in [-0.3, -0.25) is 0 Å². The van der Waals surface area contributed by atoms with Gasteiger partial charge in [0.2, 0.25) is 0 Å². The van der Waals surface area contributed by atoms with Crippen LogP contribution in [-0.4, -0.2) is 16.5 Å². The summed E-state index contributed by atoms with van der Waals surface area (Å²) in [5.41, 5.74) is 5.20. The first-order chi connectivity index (χ1) is 4.18. The maximum atomic E-state index is 5.20. The summed E-state index contributed by atoms with van der Waals surface area (Å²) in [6.45, 7) is 2.89. The van der Waals surface area contributed by atoms with Gasteiger partial charge in [0.1, 0.15) is 9.98 Å². The molecule has 0 atom stereocenters. The molecule has 52 valence electrons. The first kappa shape index (κ1) is 8.78. The van der Waals surface area contributed by atoms with E-state index < -0.39 is 0 Å². The van der Waals surface area contributed by atoms with E-state index >= 15 is 0 Å². The molecule has 0 bridgehead atoms. The molecule has 0 aromatic heterocycles. The number of rotatable bonds is 2. The number of hydrogen-bond acceptors (Lipinski definition) is 2. The van der Waals surface area contributed by atoms with E-state index in [-0.39, 0.29) is 4.99 Å². The number of nitrogens with two attached hydrogens (primary N) is 1. The van der Waals surface area contributed by atoms with Crippen molar-refractivity contribution >= 4 is 34.4 Å². The molecule has 0 unspecified atom stereocenters. The highest BCUT2D eigenvalue weighted by molar-refractivity contribution is 7.89. The standard InChI is InChI=1S/C5H10N2S2/c1-2-3-7-5(9)4(6)8/h2-3H2,1H3,(H2,6,8)(H,7,9). The highest BCUT2D eigenvalue weighted by Crippen LogP contribution is 1.75. The average Bonchev–Trinajstić information content (AvgIpc) is 1.82. The molecule has 0 aliphatic rings. The second-order valence-corrected chi connectivity index (χ2v) is 2.47. The van der Waals surface area contributed by atoms with Crippen LogP contribution >= 0.6 is 24.4 Å². The fraction of sp³-hybridized carbons (Fsp3) is 0.600. The Morgan fingerprint density at radius 1 is 1.56 bits per heavy atom. The monoisotopic (exact) mass is 162 g/mol. The third-order valence-electron chi connectivity index (χ3n) is 0.759. The van der Waals surface area contributed by atoms with Crippen molar-refractivity contribution in [1.82, 2.24) is 5.32 Å². The lowest BCUT2D eigenvalue weighted by atomic mass is 10.5. The minimum absolute atomic E-state index is 0.276. The minimum Gasteiger partial charge on any atom is -0.388 e. The van der Waals surface area contributed by atoms with E-state index in [4.69, 9.17) is 18.0 Å². The zero-order valence-corrected chi connectivity index (χ0v) is 6.94.